The van der Waals surface area contributed by atoms with Gasteiger partial charge in [0.05, 0.1) is 18.8 Å². The lowest BCUT2D eigenvalue weighted by Gasteiger charge is -2.28. The Morgan fingerprint density at radius 1 is 1.20 bits per heavy atom. The van der Waals surface area contributed by atoms with Gasteiger partial charge in [-0.1, -0.05) is 19.8 Å². The molecule has 2 fully saturated rings. The van der Waals surface area contributed by atoms with Gasteiger partial charge in [0.25, 0.3) is 0 Å². The Bertz CT molecular complexity index is 296. The predicted molar refractivity (Wildman–Crippen MR) is 84.9 cm³/mol. The molecule has 0 unspecified atom stereocenters. The molecule has 116 valence electrons. The Balaban J connectivity index is 1.48. The molecule has 0 amide bonds. The van der Waals surface area contributed by atoms with Crippen LogP contribution < -0.4 is 10.6 Å². The molecule has 0 spiro atoms. The molecule has 1 aliphatic heterocycles. The molecule has 0 bridgehead atoms. The summed E-state index contributed by atoms with van der Waals surface area (Å²) in [5, 5.41) is 7.12. The van der Waals surface area contributed by atoms with Crippen LogP contribution in [0.2, 0.25) is 0 Å². The maximum Gasteiger partial charge on any atom is 0.166 e. The zero-order chi connectivity index (χ0) is 14.2. The van der Waals surface area contributed by atoms with Gasteiger partial charge in [0.2, 0.25) is 0 Å². The molecule has 5 heteroatoms. The molecule has 0 radical (unpaired) electrons. The third kappa shape index (κ3) is 5.54. The second kappa shape index (κ2) is 8.80. The van der Waals surface area contributed by atoms with Gasteiger partial charge >= 0.3 is 0 Å². The number of hydrogen-bond acceptors (Lipinski definition) is 3. The molecule has 0 aromatic carbocycles. The van der Waals surface area contributed by atoms with Crippen LogP contribution in [-0.4, -0.2) is 43.6 Å². The van der Waals surface area contributed by atoms with Gasteiger partial charge in [-0.25, -0.2) is 0 Å². The second-order valence-corrected chi connectivity index (χ2v) is 6.35. The van der Waals surface area contributed by atoms with E-state index in [-0.39, 0.29) is 0 Å². The minimum absolute atomic E-state index is 0.328. The molecule has 2 N–H and O–H groups in total. The normalized spacial score (nSPS) is 30.1. The fourth-order valence-corrected chi connectivity index (χ4v) is 3.16. The molecule has 1 heterocycles. The Labute approximate surface area is 128 Å². The number of nitrogens with one attached hydrogen (secondary N) is 2. The monoisotopic (exact) mass is 300 g/mol. The molecule has 2 aliphatic rings. The molecule has 20 heavy (non-hydrogen) atoms. The van der Waals surface area contributed by atoms with Crippen LogP contribution in [0, 0.1) is 5.92 Å². The molecule has 1 saturated carbocycles. The highest BCUT2D eigenvalue weighted by molar-refractivity contribution is 7.80. The zero-order valence-electron chi connectivity index (χ0n) is 12.5. The first-order valence-electron chi connectivity index (χ1n) is 8.00. The van der Waals surface area contributed by atoms with Gasteiger partial charge in [-0.15, -0.1) is 0 Å². The van der Waals surface area contributed by atoms with Crippen molar-refractivity contribution in [1.82, 2.24) is 10.6 Å². The largest absolute Gasteiger partial charge is 0.376 e. The van der Waals surface area contributed by atoms with E-state index in [0.717, 1.165) is 32.7 Å². The minimum Gasteiger partial charge on any atom is -0.376 e. The molecule has 1 aliphatic carbocycles. The Kier molecular flexibility index (Phi) is 7.03. The fraction of sp³-hybridized carbons (Fsp3) is 0.933. The zero-order valence-corrected chi connectivity index (χ0v) is 13.3. The van der Waals surface area contributed by atoms with E-state index in [1.807, 2.05) is 0 Å². The third-order valence-electron chi connectivity index (χ3n) is 4.27. The van der Waals surface area contributed by atoms with Crippen molar-refractivity contribution < 1.29 is 9.47 Å². The lowest BCUT2D eigenvalue weighted by molar-refractivity contribution is -0.00199. The maximum absolute atomic E-state index is 5.95. The van der Waals surface area contributed by atoms with Gasteiger partial charge < -0.3 is 20.1 Å². The van der Waals surface area contributed by atoms with Crippen molar-refractivity contribution in [2.75, 3.05) is 26.3 Å². The van der Waals surface area contributed by atoms with Crippen molar-refractivity contribution in [3.05, 3.63) is 0 Å². The van der Waals surface area contributed by atoms with Crippen LogP contribution in [0.5, 0.6) is 0 Å². The summed E-state index contributed by atoms with van der Waals surface area (Å²) in [4.78, 5) is 0. The summed E-state index contributed by atoms with van der Waals surface area (Å²) < 4.78 is 11.5. The summed E-state index contributed by atoms with van der Waals surface area (Å²) in [5.74, 6) is 0.702. The lowest BCUT2D eigenvalue weighted by Crippen LogP contribution is -2.41. The highest BCUT2D eigenvalue weighted by atomic mass is 32.1. The SMILES string of the molecule is C[C@@H]1CCCC[C@@H]1OCCNC(=S)NC[C@H]1CCCO1. The second-order valence-electron chi connectivity index (χ2n) is 5.94. The maximum atomic E-state index is 5.95. The van der Waals surface area contributed by atoms with Crippen LogP contribution in [0.3, 0.4) is 0 Å². The van der Waals surface area contributed by atoms with Crippen molar-refractivity contribution in [3.8, 4) is 0 Å². The van der Waals surface area contributed by atoms with E-state index in [9.17, 15) is 0 Å². The Hall–Kier alpha value is -0.390. The number of rotatable bonds is 6. The van der Waals surface area contributed by atoms with E-state index in [1.54, 1.807) is 0 Å². The van der Waals surface area contributed by atoms with Crippen LogP contribution in [0.1, 0.15) is 45.4 Å². The number of ether oxygens (including phenoxy) is 2. The third-order valence-corrected chi connectivity index (χ3v) is 4.56. The van der Waals surface area contributed by atoms with Gasteiger partial charge in [0.15, 0.2) is 5.11 Å². The van der Waals surface area contributed by atoms with Crippen LogP contribution in [0.4, 0.5) is 0 Å². The molecule has 3 atom stereocenters. The Morgan fingerprint density at radius 2 is 2.05 bits per heavy atom. The van der Waals surface area contributed by atoms with Gasteiger partial charge in [-0.05, 0) is 43.8 Å². The molecule has 2 rings (SSSR count). The van der Waals surface area contributed by atoms with E-state index in [4.69, 9.17) is 21.7 Å². The molecule has 0 aromatic heterocycles. The van der Waals surface area contributed by atoms with Crippen LogP contribution >= 0.6 is 12.2 Å². The van der Waals surface area contributed by atoms with Crippen LogP contribution in [0.25, 0.3) is 0 Å². The summed E-state index contributed by atoms with van der Waals surface area (Å²) in [6.07, 6.45) is 8.26. The summed E-state index contributed by atoms with van der Waals surface area (Å²) in [5.41, 5.74) is 0. The molecule has 0 aromatic rings. The van der Waals surface area contributed by atoms with Crippen molar-refractivity contribution in [1.29, 1.82) is 0 Å². The summed E-state index contributed by atoms with van der Waals surface area (Å²) >= 11 is 5.25. The Morgan fingerprint density at radius 3 is 2.80 bits per heavy atom. The van der Waals surface area contributed by atoms with Gasteiger partial charge in [-0.2, -0.15) is 0 Å². The van der Waals surface area contributed by atoms with Crippen molar-refractivity contribution >= 4 is 17.3 Å². The minimum atomic E-state index is 0.328. The first-order chi connectivity index (χ1) is 9.75. The topological polar surface area (TPSA) is 42.5 Å². The average molecular weight is 300 g/mol. The molecular weight excluding hydrogens is 272 g/mol. The fourth-order valence-electron chi connectivity index (χ4n) is 2.98. The van der Waals surface area contributed by atoms with Gasteiger partial charge in [0.1, 0.15) is 0 Å². The highest BCUT2D eigenvalue weighted by Crippen LogP contribution is 2.25. The van der Waals surface area contributed by atoms with Crippen molar-refractivity contribution in [2.45, 2.75) is 57.7 Å². The van der Waals surface area contributed by atoms with Crippen LogP contribution in [-0.2, 0) is 9.47 Å². The predicted octanol–water partition coefficient (Wildman–Crippen LogP) is 2.22. The van der Waals surface area contributed by atoms with Crippen molar-refractivity contribution in [3.63, 3.8) is 0 Å². The number of hydrogen-bond donors (Lipinski definition) is 2. The van der Waals surface area contributed by atoms with Crippen molar-refractivity contribution in [2.24, 2.45) is 5.92 Å². The summed E-state index contributed by atoms with van der Waals surface area (Å²) in [6.45, 7) is 5.51. The van der Waals surface area contributed by atoms with Crippen LogP contribution in [0.15, 0.2) is 0 Å². The van der Waals surface area contributed by atoms with E-state index < -0.39 is 0 Å². The summed E-state index contributed by atoms with van der Waals surface area (Å²) in [6, 6.07) is 0. The number of thiocarbonyl (C=S) groups is 1. The standard InChI is InChI=1S/C15H28N2O2S/c1-12-5-2-3-7-14(12)19-10-8-16-15(20)17-11-13-6-4-9-18-13/h12-14H,2-11H2,1H3,(H2,16,17,20)/t12-,13-,14+/m1/s1. The highest BCUT2D eigenvalue weighted by Gasteiger charge is 2.21. The van der Waals surface area contributed by atoms with Gasteiger partial charge in [0, 0.05) is 19.7 Å². The lowest BCUT2D eigenvalue weighted by atomic mass is 9.88. The average Bonchev–Trinajstić information content (AvgIpc) is 2.96. The van der Waals surface area contributed by atoms with E-state index >= 15 is 0 Å². The molecular formula is C15H28N2O2S. The first kappa shape index (κ1) is 16.0. The van der Waals surface area contributed by atoms with E-state index in [2.05, 4.69) is 17.6 Å². The van der Waals surface area contributed by atoms with E-state index in [1.165, 1.54) is 32.1 Å². The smallest absolute Gasteiger partial charge is 0.166 e. The molecule has 4 nitrogen and oxygen atoms in total. The quantitative estimate of drug-likeness (QED) is 0.582. The van der Waals surface area contributed by atoms with Gasteiger partial charge in [-0.3, -0.25) is 0 Å². The summed E-state index contributed by atoms with van der Waals surface area (Å²) in [7, 11) is 0. The van der Waals surface area contributed by atoms with E-state index in [0.29, 0.717) is 23.2 Å². The first-order valence-corrected chi connectivity index (χ1v) is 8.41. The molecule has 1 saturated heterocycles.